The zero-order valence-electron chi connectivity index (χ0n) is 9.19. The SMILES string of the molecule is O=[N+]([O-])c1cc(Br)ccc1NCC1CCOC1. The molecule has 0 saturated carbocycles. The summed E-state index contributed by atoms with van der Waals surface area (Å²) in [6, 6.07) is 5.02. The van der Waals surface area contributed by atoms with Gasteiger partial charge in [0.15, 0.2) is 0 Å². The van der Waals surface area contributed by atoms with Gasteiger partial charge < -0.3 is 10.1 Å². The monoisotopic (exact) mass is 300 g/mol. The van der Waals surface area contributed by atoms with Gasteiger partial charge in [-0.05, 0) is 18.6 Å². The average Bonchev–Trinajstić information content (AvgIpc) is 2.80. The van der Waals surface area contributed by atoms with Gasteiger partial charge in [-0.3, -0.25) is 10.1 Å². The van der Waals surface area contributed by atoms with Crippen molar-refractivity contribution in [3.8, 4) is 0 Å². The fourth-order valence-electron chi connectivity index (χ4n) is 1.80. The molecule has 1 saturated heterocycles. The molecule has 1 heterocycles. The van der Waals surface area contributed by atoms with Crippen molar-refractivity contribution in [2.45, 2.75) is 6.42 Å². The molecule has 0 bridgehead atoms. The van der Waals surface area contributed by atoms with E-state index >= 15 is 0 Å². The van der Waals surface area contributed by atoms with Crippen molar-refractivity contribution in [1.82, 2.24) is 0 Å². The van der Waals surface area contributed by atoms with E-state index in [-0.39, 0.29) is 10.6 Å². The molecule has 1 aromatic carbocycles. The number of nitrogens with one attached hydrogen (secondary N) is 1. The molecule has 1 aliphatic heterocycles. The van der Waals surface area contributed by atoms with Crippen LogP contribution in [0.5, 0.6) is 0 Å². The second-order valence-electron chi connectivity index (χ2n) is 4.03. The lowest BCUT2D eigenvalue weighted by atomic mass is 10.1. The number of nitro groups is 1. The summed E-state index contributed by atoms with van der Waals surface area (Å²) in [4.78, 5) is 10.5. The number of nitrogens with zero attached hydrogens (tertiary/aromatic N) is 1. The van der Waals surface area contributed by atoms with Crippen LogP contribution in [0.25, 0.3) is 0 Å². The second-order valence-corrected chi connectivity index (χ2v) is 4.94. The molecule has 1 fully saturated rings. The molecule has 0 aromatic heterocycles. The van der Waals surface area contributed by atoms with E-state index in [0.29, 0.717) is 22.6 Å². The zero-order valence-corrected chi connectivity index (χ0v) is 10.8. The minimum absolute atomic E-state index is 0.0956. The molecule has 1 aliphatic rings. The summed E-state index contributed by atoms with van der Waals surface area (Å²) in [7, 11) is 0. The molecule has 92 valence electrons. The van der Waals surface area contributed by atoms with E-state index in [9.17, 15) is 10.1 Å². The summed E-state index contributed by atoms with van der Waals surface area (Å²) in [6.45, 7) is 2.23. The number of hydrogen-bond donors (Lipinski definition) is 1. The molecule has 6 heteroatoms. The van der Waals surface area contributed by atoms with E-state index < -0.39 is 0 Å². The summed E-state index contributed by atoms with van der Waals surface area (Å²) in [5.74, 6) is 0.443. The van der Waals surface area contributed by atoms with Crippen molar-refractivity contribution < 1.29 is 9.66 Å². The predicted molar refractivity (Wildman–Crippen MR) is 68.2 cm³/mol. The molecular weight excluding hydrogens is 288 g/mol. The molecule has 17 heavy (non-hydrogen) atoms. The van der Waals surface area contributed by atoms with E-state index in [0.717, 1.165) is 19.6 Å². The maximum Gasteiger partial charge on any atom is 0.293 e. The maximum absolute atomic E-state index is 10.9. The molecule has 5 nitrogen and oxygen atoms in total. The van der Waals surface area contributed by atoms with Crippen molar-refractivity contribution in [1.29, 1.82) is 0 Å². The van der Waals surface area contributed by atoms with Gasteiger partial charge in [0.05, 0.1) is 11.5 Å². The van der Waals surface area contributed by atoms with Gasteiger partial charge in [-0.1, -0.05) is 15.9 Å². The Bertz CT molecular complexity index is 419. The van der Waals surface area contributed by atoms with Crippen LogP contribution < -0.4 is 5.32 Å². The first-order chi connectivity index (χ1) is 8.16. The highest BCUT2D eigenvalue weighted by Gasteiger charge is 2.18. The third kappa shape index (κ3) is 3.17. The van der Waals surface area contributed by atoms with Crippen molar-refractivity contribution in [2.75, 3.05) is 25.1 Å². The predicted octanol–water partition coefficient (Wildman–Crippen LogP) is 2.81. The molecule has 1 unspecified atom stereocenters. The van der Waals surface area contributed by atoms with Crippen LogP contribution in [0.15, 0.2) is 22.7 Å². The Labute approximate surface area is 107 Å². The summed E-state index contributed by atoms with van der Waals surface area (Å²) in [5.41, 5.74) is 0.656. The van der Waals surface area contributed by atoms with Crippen molar-refractivity contribution in [3.05, 3.63) is 32.8 Å². The number of ether oxygens (including phenoxy) is 1. The van der Waals surface area contributed by atoms with Gasteiger partial charge in [0.1, 0.15) is 5.69 Å². The number of rotatable bonds is 4. The molecule has 0 aliphatic carbocycles. The first-order valence-corrected chi connectivity index (χ1v) is 6.21. The first-order valence-electron chi connectivity index (χ1n) is 5.42. The van der Waals surface area contributed by atoms with Crippen LogP contribution in [-0.4, -0.2) is 24.7 Å². The lowest BCUT2D eigenvalue weighted by molar-refractivity contribution is -0.384. The summed E-state index contributed by atoms with van der Waals surface area (Å²) < 4.78 is 5.97. The van der Waals surface area contributed by atoms with E-state index in [1.165, 1.54) is 6.07 Å². The van der Waals surface area contributed by atoms with Gasteiger partial charge in [-0.2, -0.15) is 0 Å². The molecule has 1 aromatic rings. The van der Waals surface area contributed by atoms with Gasteiger partial charge in [-0.25, -0.2) is 0 Å². The molecule has 0 radical (unpaired) electrons. The van der Waals surface area contributed by atoms with Crippen LogP contribution in [0.1, 0.15) is 6.42 Å². The quantitative estimate of drug-likeness (QED) is 0.686. The Balaban J connectivity index is 2.06. The number of benzene rings is 1. The Morgan fingerprint density at radius 3 is 3.06 bits per heavy atom. The Kier molecular flexibility index (Phi) is 3.96. The van der Waals surface area contributed by atoms with E-state index in [1.54, 1.807) is 12.1 Å². The minimum atomic E-state index is -0.377. The number of nitro benzene ring substituents is 1. The molecule has 0 spiro atoms. The Hall–Kier alpha value is -1.14. The lowest BCUT2D eigenvalue weighted by Gasteiger charge is -2.11. The summed E-state index contributed by atoms with van der Waals surface area (Å²) >= 11 is 3.23. The van der Waals surface area contributed by atoms with Crippen LogP contribution in [0.2, 0.25) is 0 Å². The standard InChI is InChI=1S/C11H13BrN2O3/c12-9-1-2-10(11(5-9)14(15)16)13-6-8-3-4-17-7-8/h1-2,5,8,13H,3-4,6-7H2. The van der Waals surface area contributed by atoms with Gasteiger partial charge >= 0.3 is 0 Å². The molecule has 2 rings (SSSR count). The molecular formula is C11H13BrN2O3. The number of halogens is 1. The highest BCUT2D eigenvalue weighted by molar-refractivity contribution is 9.10. The second kappa shape index (κ2) is 5.46. The van der Waals surface area contributed by atoms with Crippen LogP contribution in [0.4, 0.5) is 11.4 Å². The van der Waals surface area contributed by atoms with Crippen molar-refractivity contribution >= 4 is 27.3 Å². The highest BCUT2D eigenvalue weighted by Crippen LogP contribution is 2.28. The molecule has 0 amide bonds. The first kappa shape index (κ1) is 12.3. The van der Waals surface area contributed by atoms with Crippen LogP contribution >= 0.6 is 15.9 Å². The van der Waals surface area contributed by atoms with Crippen molar-refractivity contribution in [3.63, 3.8) is 0 Å². The lowest BCUT2D eigenvalue weighted by Crippen LogP contribution is -2.14. The van der Waals surface area contributed by atoms with Gasteiger partial charge in [0, 0.05) is 29.6 Å². The van der Waals surface area contributed by atoms with E-state index in [1.807, 2.05) is 0 Å². The highest BCUT2D eigenvalue weighted by atomic mass is 79.9. The molecule has 1 atom stereocenters. The maximum atomic E-state index is 10.9. The normalized spacial score (nSPS) is 19.2. The fraction of sp³-hybridized carbons (Fsp3) is 0.455. The summed E-state index contributed by atoms with van der Waals surface area (Å²) in [6.07, 6.45) is 1.01. The number of hydrogen-bond acceptors (Lipinski definition) is 4. The van der Waals surface area contributed by atoms with Gasteiger partial charge in [0.25, 0.3) is 5.69 Å². The fourth-order valence-corrected chi connectivity index (χ4v) is 2.15. The third-order valence-electron chi connectivity index (χ3n) is 2.76. The minimum Gasteiger partial charge on any atom is -0.381 e. The zero-order chi connectivity index (χ0) is 12.3. The van der Waals surface area contributed by atoms with Crippen LogP contribution in [0.3, 0.4) is 0 Å². The van der Waals surface area contributed by atoms with Crippen LogP contribution in [-0.2, 0) is 4.74 Å². The van der Waals surface area contributed by atoms with Gasteiger partial charge in [0.2, 0.25) is 0 Å². The third-order valence-corrected chi connectivity index (χ3v) is 3.25. The topological polar surface area (TPSA) is 64.4 Å². The van der Waals surface area contributed by atoms with E-state index in [2.05, 4.69) is 21.2 Å². The Morgan fingerprint density at radius 2 is 2.41 bits per heavy atom. The largest absolute Gasteiger partial charge is 0.381 e. The van der Waals surface area contributed by atoms with Crippen LogP contribution in [0, 0.1) is 16.0 Å². The van der Waals surface area contributed by atoms with Crippen molar-refractivity contribution in [2.24, 2.45) is 5.92 Å². The summed E-state index contributed by atoms with van der Waals surface area (Å²) in [5, 5.41) is 14.0. The molecule has 1 N–H and O–H groups in total. The Morgan fingerprint density at radius 1 is 1.59 bits per heavy atom. The van der Waals surface area contributed by atoms with Gasteiger partial charge in [-0.15, -0.1) is 0 Å². The number of anilines is 1. The average molecular weight is 301 g/mol. The smallest absolute Gasteiger partial charge is 0.293 e. The van der Waals surface area contributed by atoms with E-state index in [4.69, 9.17) is 4.74 Å².